The van der Waals surface area contributed by atoms with E-state index in [1.165, 1.54) is 23.1 Å². The Labute approximate surface area is 185 Å². The summed E-state index contributed by atoms with van der Waals surface area (Å²) in [6.45, 7) is 0.635. The number of thiophene rings is 1. The number of benzene rings is 1. The van der Waals surface area contributed by atoms with Gasteiger partial charge in [0.15, 0.2) is 22.5 Å². The second-order valence-electron chi connectivity index (χ2n) is 6.82. The quantitative estimate of drug-likeness (QED) is 0.427. The third-order valence-electron chi connectivity index (χ3n) is 4.80. The van der Waals surface area contributed by atoms with Crippen molar-refractivity contribution in [2.24, 2.45) is 7.05 Å². The fourth-order valence-corrected chi connectivity index (χ4v) is 5.01. The number of carbonyl (C=O) groups is 1. The van der Waals surface area contributed by atoms with Gasteiger partial charge in [0, 0.05) is 25.2 Å². The van der Waals surface area contributed by atoms with Crippen LogP contribution in [0.3, 0.4) is 0 Å². The number of pyridine rings is 1. The molecule has 3 N–H and O–H groups in total. The molecular formula is C20H18N6O3S2. The van der Waals surface area contributed by atoms with Crippen molar-refractivity contribution in [1.29, 1.82) is 0 Å². The molecule has 1 aliphatic rings. The number of aromatic nitrogens is 4. The summed E-state index contributed by atoms with van der Waals surface area (Å²) < 4.78 is 12.5. The molecule has 0 saturated heterocycles. The highest BCUT2D eigenvalue weighted by Gasteiger charge is 2.19. The average molecular weight is 455 g/mol. The SMILES string of the molecule is Cn1c(SCC(=O)NCc2ccc3c(c2)OCO3)nnc1-c1sc2ncccc2c1N. The molecule has 31 heavy (non-hydrogen) atoms. The van der Waals surface area contributed by atoms with Crippen molar-refractivity contribution in [3.05, 3.63) is 42.1 Å². The van der Waals surface area contributed by atoms with Crippen molar-refractivity contribution in [1.82, 2.24) is 25.1 Å². The number of carbonyl (C=O) groups excluding carboxylic acids is 1. The molecule has 4 heterocycles. The zero-order valence-electron chi connectivity index (χ0n) is 16.5. The number of fused-ring (bicyclic) bond motifs is 2. The number of anilines is 1. The molecule has 1 aliphatic heterocycles. The van der Waals surface area contributed by atoms with Gasteiger partial charge < -0.3 is 25.1 Å². The summed E-state index contributed by atoms with van der Waals surface area (Å²) in [6.07, 6.45) is 1.74. The minimum atomic E-state index is -0.0993. The molecule has 11 heteroatoms. The van der Waals surface area contributed by atoms with E-state index < -0.39 is 0 Å². The Morgan fingerprint density at radius 3 is 3.03 bits per heavy atom. The first kappa shape index (κ1) is 19.6. The molecule has 1 aromatic carbocycles. The number of nitrogens with two attached hydrogens (primary N) is 1. The van der Waals surface area contributed by atoms with Crippen LogP contribution in [0.2, 0.25) is 0 Å². The lowest BCUT2D eigenvalue weighted by Crippen LogP contribution is -2.24. The summed E-state index contributed by atoms with van der Waals surface area (Å²) in [6, 6.07) is 9.41. The summed E-state index contributed by atoms with van der Waals surface area (Å²) in [5, 5.41) is 13.0. The Kier molecular flexibility index (Phi) is 5.12. The number of hydrogen-bond acceptors (Lipinski definition) is 9. The van der Waals surface area contributed by atoms with Crippen LogP contribution in [-0.4, -0.2) is 38.2 Å². The first-order chi connectivity index (χ1) is 15.1. The highest BCUT2D eigenvalue weighted by molar-refractivity contribution is 7.99. The van der Waals surface area contributed by atoms with Crippen molar-refractivity contribution >= 4 is 44.9 Å². The number of nitrogens with zero attached hydrogens (tertiary/aromatic N) is 4. The monoisotopic (exact) mass is 454 g/mol. The Balaban J connectivity index is 1.22. The topological polar surface area (TPSA) is 117 Å². The van der Waals surface area contributed by atoms with Crippen molar-refractivity contribution < 1.29 is 14.3 Å². The largest absolute Gasteiger partial charge is 0.454 e. The third kappa shape index (κ3) is 3.77. The Morgan fingerprint density at radius 2 is 2.16 bits per heavy atom. The molecule has 0 bridgehead atoms. The minimum absolute atomic E-state index is 0.0993. The van der Waals surface area contributed by atoms with E-state index in [1.54, 1.807) is 6.20 Å². The molecule has 0 unspecified atom stereocenters. The van der Waals surface area contributed by atoms with E-state index in [0.29, 0.717) is 29.0 Å². The predicted octanol–water partition coefficient (Wildman–Crippen LogP) is 2.81. The molecule has 0 aliphatic carbocycles. The summed E-state index contributed by atoms with van der Waals surface area (Å²) in [5.74, 6) is 2.20. The number of thioether (sulfide) groups is 1. The minimum Gasteiger partial charge on any atom is -0.454 e. The molecule has 0 saturated carbocycles. The first-order valence-electron chi connectivity index (χ1n) is 9.41. The first-order valence-corrected chi connectivity index (χ1v) is 11.2. The molecule has 9 nitrogen and oxygen atoms in total. The third-order valence-corrected chi connectivity index (χ3v) is 6.95. The molecule has 0 spiro atoms. The number of amides is 1. The molecule has 0 fully saturated rings. The van der Waals surface area contributed by atoms with Gasteiger partial charge in [-0.3, -0.25) is 4.79 Å². The number of rotatable bonds is 6. The molecule has 3 aromatic heterocycles. The summed E-state index contributed by atoms with van der Waals surface area (Å²) >= 11 is 2.80. The number of nitrogen functional groups attached to an aromatic ring is 1. The smallest absolute Gasteiger partial charge is 0.231 e. The number of nitrogens with one attached hydrogen (secondary N) is 1. The predicted molar refractivity (Wildman–Crippen MR) is 119 cm³/mol. The Bertz CT molecular complexity index is 1290. The number of ether oxygens (including phenoxy) is 2. The Morgan fingerprint density at radius 1 is 1.29 bits per heavy atom. The van der Waals surface area contributed by atoms with Gasteiger partial charge in [0.2, 0.25) is 12.7 Å². The summed E-state index contributed by atoms with van der Waals surface area (Å²) in [7, 11) is 1.86. The van der Waals surface area contributed by atoms with Gasteiger partial charge in [0.1, 0.15) is 4.83 Å². The zero-order valence-corrected chi connectivity index (χ0v) is 18.1. The van der Waals surface area contributed by atoms with Crippen molar-refractivity contribution in [2.45, 2.75) is 11.7 Å². The van der Waals surface area contributed by atoms with E-state index in [0.717, 1.165) is 26.4 Å². The van der Waals surface area contributed by atoms with Crippen LogP contribution in [0, 0.1) is 0 Å². The summed E-state index contributed by atoms with van der Waals surface area (Å²) in [5.41, 5.74) is 7.88. The lowest BCUT2D eigenvalue weighted by atomic mass is 10.2. The molecule has 4 aromatic rings. The van der Waals surface area contributed by atoms with Gasteiger partial charge in [-0.25, -0.2) is 4.98 Å². The van der Waals surface area contributed by atoms with Gasteiger partial charge in [-0.15, -0.1) is 21.5 Å². The van der Waals surface area contributed by atoms with Gasteiger partial charge in [0.25, 0.3) is 0 Å². The second kappa shape index (κ2) is 8.08. The van der Waals surface area contributed by atoms with E-state index in [-0.39, 0.29) is 18.5 Å². The van der Waals surface area contributed by atoms with Gasteiger partial charge >= 0.3 is 0 Å². The maximum absolute atomic E-state index is 12.3. The molecule has 0 atom stereocenters. The van der Waals surface area contributed by atoms with Gasteiger partial charge in [-0.1, -0.05) is 17.8 Å². The fraction of sp³-hybridized carbons (Fsp3) is 0.200. The van der Waals surface area contributed by atoms with Crippen LogP contribution in [-0.2, 0) is 18.4 Å². The molecular weight excluding hydrogens is 436 g/mol. The van der Waals surface area contributed by atoms with E-state index in [9.17, 15) is 4.79 Å². The van der Waals surface area contributed by atoms with Crippen LogP contribution in [0.1, 0.15) is 5.56 Å². The van der Waals surface area contributed by atoms with E-state index in [4.69, 9.17) is 15.2 Å². The van der Waals surface area contributed by atoms with Crippen LogP contribution in [0.5, 0.6) is 11.5 Å². The second-order valence-corrected chi connectivity index (χ2v) is 8.76. The van der Waals surface area contributed by atoms with Crippen LogP contribution < -0.4 is 20.5 Å². The van der Waals surface area contributed by atoms with Gasteiger partial charge in [-0.05, 0) is 29.8 Å². The highest BCUT2D eigenvalue weighted by atomic mass is 32.2. The summed E-state index contributed by atoms with van der Waals surface area (Å²) in [4.78, 5) is 18.3. The van der Waals surface area contributed by atoms with Crippen molar-refractivity contribution in [3.63, 3.8) is 0 Å². The van der Waals surface area contributed by atoms with E-state index in [2.05, 4.69) is 20.5 Å². The highest BCUT2D eigenvalue weighted by Crippen LogP contribution is 2.39. The Hall–Kier alpha value is -3.31. The lowest BCUT2D eigenvalue weighted by Gasteiger charge is -2.06. The molecule has 0 radical (unpaired) electrons. The van der Waals surface area contributed by atoms with E-state index in [1.807, 2.05) is 41.9 Å². The molecule has 1 amide bonds. The van der Waals surface area contributed by atoms with Crippen LogP contribution in [0.25, 0.3) is 20.9 Å². The van der Waals surface area contributed by atoms with Crippen LogP contribution in [0.15, 0.2) is 41.7 Å². The average Bonchev–Trinajstić information content (AvgIpc) is 3.48. The maximum Gasteiger partial charge on any atom is 0.231 e. The standard InChI is InChI=1S/C20H18N6O3S2/c1-26-18(17-16(21)12-3-2-6-22-19(12)31-17)24-25-20(26)30-9-15(27)23-8-11-4-5-13-14(7-11)29-10-28-13/h2-7H,8-10,21H2,1H3,(H,23,27). The van der Waals surface area contributed by atoms with Gasteiger partial charge in [0.05, 0.1) is 16.3 Å². The molecule has 5 rings (SSSR count). The fourth-order valence-electron chi connectivity index (χ4n) is 3.19. The van der Waals surface area contributed by atoms with Crippen molar-refractivity contribution in [3.8, 4) is 22.2 Å². The zero-order chi connectivity index (χ0) is 21.4. The van der Waals surface area contributed by atoms with Crippen LogP contribution >= 0.6 is 23.1 Å². The molecule has 158 valence electrons. The number of hydrogen-bond donors (Lipinski definition) is 2. The van der Waals surface area contributed by atoms with Crippen LogP contribution in [0.4, 0.5) is 5.69 Å². The normalized spacial score (nSPS) is 12.4. The lowest BCUT2D eigenvalue weighted by molar-refractivity contribution is -0.118. The van der Waals surface area contributed by atoms with Gasteiger partial charge in [-0.2, -0.15) is 0 Å². The maximum atomic E-state index is 12.3. The van der Waals surface area contributed by atoms with E-state index >= 15 is 0 Å². The van der Waals surface area contributed by atoms with Crippen molar-refractivity contribution in [2.75, 3.05) is 18.3 Å².